The first kappa shape index (κ1) is 24.3. The highest BCUT2D eigenvalue weighted by atomic mass is 32.2. The number of hydrogen-bond acceptors (Lipinski definition) is 5. The van der Waals surface area contributed by atoms with Crippen LogP contribution in [0.3, 0.4) is 0 Å². The molecular weight excluding hydrogens is 469 g/mol. The van der Waals surface area contributed by atoms with Crippen molar-refractivity contribution >= 4 is 16.0 Å². The van der Waals surface area contributed by atoms with E-state index in [2.05, 4.69) is 0 Å². The van der Waals surface area contributed by atoms with Crippen LogP contribution in [0.5, 0.6) is 5.75 Å². The minimum Gasteiger partial charge on any atom is -0.383 e. The maximum atomic E-state index is 13.9. The summed E-state index contributed by atoms with van der Waals surface area (Å²) in [7, 11) is -2.43. The quantitative estimate of drug-likeness (QED) is 0.462. The summed E-state index contributed by atoms with van der Waals surface area (Å²) in [5.74, 6) is 1.95. The van der Waals surface area contributed by atoms with Crippen LogP contribution < -0.4 is 4.18 Å². The molecule has 0 saturated heterocycles. The second-order valence-corrected chi connectivity index (χ2v) is 12.1. The molecule has 4 fully saturated rings. The Morgan fingerprint density at radius 3 is 2.09 bits per heavy atom. The Balaban J connectivity index is 1.29. The van der Waals surface area contributed by atoms with Gasteiger partial charge in [0.2, 0.25) is 5.91 Å². The molecule has 2 aromatic rings. The van der Waals surface area contributed by atoms with Crippen LogP contribution in [0, 0.1) is 29.0 Å². The number of carbonyl (C=O) groups is 1. The van der Waals surface area contributed by atoms with Crippen molar-refractivity contribution in [1.29, 1.82) is 0 Å². The Labute approximate surface area is 206 Å². The van der Waals surface area contributed by atoms with Crippen LogP contribution in [0.25, 0.3) is 0 Å². The molecule has 0 spiro atoms. The molecule has 1 amide bonds. The number of methoxy groups -OCH3 is 1. The van der Waals surface area contributed by atoms with Crippen molar-refractivity contribution in [3.05, 3.63) is 59.9 Å². The molecule has 35 heavy (non-hydrogen) atoms. The minimum absolute atomic E-state index is 0.116. The smallest absolute Gasteiger partial charge is 0.339 e. The lowest BCUT2D eigenvalue weighted by molar-refractivity contribution is -0.159. The monoisotopic (exact) mass is 501 g/mol. The summed E-state index contributed by atoms with van der Waals surface area (Å²) >= 11 is 0. The molecule has 0 unspecified atom stereocenters. The molecule has 4 saturated carbocycles. The van der Waals surface area contributed by atoms with Crippen molar-refractivity contribution in [2.45, 2.75) is 50.0 Å². The van der Waals surface area contributed by atoms with E-state index in [1.165, 1.54) is 31.4 Å². The van der Waals surface area contributed by atoms with E-state index >= 15 is 0 Å². The van der Waals surface area contributed by atoms with Gasteiger partial charge in [-0.1, -0.05) is 12.1 Å². The van der Waals surface area contributed by atoms with Gasteiger partial charge in [0.25, 0.3) is 0 Å². The van der Waals surface area contributed by atoms with Crippen molar-refractivity contribution in [2.75, 3.05) is 20.3 Å². The molecule has 0 N–H and O–H groups in total. The van der Waals surface area contributed by atoms with Crippen LogP contribution in [-0.2, 0) is 26.2 Å². The number of halogens is 1. The molecular formula is C27H32FNO5S. The van der Waals surface area contributed by atoms with Crippen molar-refractivity contribution in [1.82, 2.24) is 4.90 Å². The maximum Gasteiger partial charge on any atom is 0.339 e. The molecule has 0 atom stereocenters. The zero-order valence-electron chi connectivity index (χ0n) is 20.0. The molecule has 0 heterocycles. The fourth-order valence-electron chi connectivity index (χ4n) is 6.81. The molecule has 0 radical (unpaired) electrons. The van der Waals surface area contributed by atoms with Gasteiger partial charge >= 0.3 is 10.1 Å². The Morgan fingerprint density at radius 1 is 0.971 bits per heavy atom. The summed E-state index contributed by atoms with van der Waals surface area (Å²) in [5.41, 5.74) is 0.667. The van der Waals surface area contributed by atoms with Crippen LogP contribution >= 0.6 is 0 Å². The number of rotatable bonds is 9. The number of carbonyl (C=O) groups excluding carboxylic acids is 1. The first-order valence-corrected chi connectivity index (χ1v) is 13.7. The van der Waals surface area contributed by atoms with Crippen molar-refractivity contribution in [3.63, 3.8) is 0 Å². The van der Waals surface area contributed by atoms with Crippen LogP contribution in [0.4, 0.5) is 4.39 Å². The Bertz CT molecular complexity index is 1130. The minimum atomic E-state index is -4.07. The van der Waals surface area contributed by atoms with E-state index in [4.69, 9.17) is 8.92 Å². The lowest BCUT2D eigenvalue weighted by atomic mass is 9.49. The van der Waals surface area contributed by atoms with Crippen molar-refractivity contribution in [3.8, 4) is 5.75 Å². The summed E-state index contributed by atoms with van der Waals surface area (Å²) in [4.78, 5) is 15.7. The number of amides is 1. The molecule has 4 aliphatic carbocycles. The van der Waals surface area contributed by atoms with Crippen molar-refractivity contribution in [2.24, 2.45) is 23.2 Å². The van der Waals surface area contributed by atoms with Gasteiger partial charge in [0.1, 0.15) is 16.5 Å². The van der Waals surface area contributed by atoms with Gasteiger partial charge in [0.15, 0.2) is 0 Å². The number of benzene rings is 2. The maximum absolute atomic E-state index is 13.9. The second kappa shape index (κ2) is 9.54. The van der Waals surface area contributed by atoms with Gasteiger partial charge in [-0.2, -0.15) is 8.42 Å². The Morgan fingerprint density at radius 2 is 1.54 bits per heavy atom. The molecule has 8 heteroatoms. The van der Waals surface area contributed by atoms with Gasteiger partial charge in [-0.05, 0) is 98.2 Å². The van der Waals surface area contributed by atoms with Gasteiger partial charge in [-0.25, -0.2) is 4.39 Å². The molecule has 6 nitrogen and oxygen atoms in total. The van der Waals surface area contributed by atoms with Gasteiger partial charge in [-0.15, -0.1) is 0 Å². The Kier molecular flexibility index (Phi) is 6.61. The lowest BCUT2D eigenvalue weighted by Gasteiger charge is -2.56. The second-order valence-electron chi connectivity index (χ2n) is 10.6. The average Bonchev–Trinajstić information content (AvgIpc) is 2.81. The molecule has 4 aliphatic rings. The van der Waals surface area contributed by atoms with E-state index in [9.17, 15) is 17.6 Å². The number of hydrogen-bond donors (Lipinski definition) is 0. The lowest BCUT2D eigenvalue weighted by Crippen LogP contribution is -2.54. The van der Waals surface area contributed by atoms with E-state index in [-0.39, 0.29) is 22.0 Å². The van der Waals surface area contributed by atoms with Gasteiger partial charge in [0.05, 0.1) is 12.0 Å². The van der Waals surface area contributed by atoms with E-state index in [1.807, 2.05) is 4.90 Å². The third-order valence-corrected chi connectivity index (χ3v) is 9.21. The highest BCUT2D eigenvalue weighted by Gasteiger charge is 2.55. The molecule has 0 aromatic heterocycles. The van der Waals surface area contributed by atoms with Crippen LogP contribution in [-0.4, -0.2) is 39.5 Å². The van der Waals surface area contributed by atoms with E-state index in [1.54, 1.807) is 31.4 Å². The van der Waals surface area contributed by atoms with Crippen LogP contribution in [0.2, 0.25) is 0 Å². The predicted octanol–water partition coefficient (Wildman–Crippen LogP) is 4.78. The fourth-order valence-corrected chi connectivity index (χ4v) is 7.74. The zero-order chi connectivity index (χ0) is 24.6. The van der Waals surface area contributed by atoms with Gasteiger partial charge < -0.3 is 13.8 Å². The largest absolute Gasteiger partial charge is 0.383 e. The molecule has 6 rings (SSSR count). The summed E-state index contributed by atoms with van der Waals surface area (Å²) in [6.45, 7) is 1.43. The molecule has 2 aromatic carbocycles. The molecule has 0 aliphatic heterocycles. The molecule has 4 bridgehead atoms. The van der Waals surface area contributed by atoms with E-state index in [0.29, 0.717) is 37.5 Å². The van der Waals surface area contributed by atoms with Crippen LogP contribution in [0.15, 0.2) is 53.4 Å². The zero-order valence-corrected chi connectivity index (χ0v) is 20.8. The average molecular weight is 502 g/mol. The van der Waals surface area contributed by atoms with E-state index < -0.39 is 15.9 Å². The normalized spacial score (nSPS) is 27.1. The van der Waals surface area contributed by atoms with Crippen LogP contribution in [0.1, 0.15) is 44.1 Å². The summed E-state index contributed by atoms with van der Waals surface area (Å²) < 4.78 is 48.6. The summed E-state index contributed by atoms with van der Waals surface area (Å²) in [6, 6.07) is 11.2. The summed E-state index contributed by atoms with van der Waals surface area (Å²) in [6.07, 6.45) is 6.88. The third-order valence-electron chi connectivity index (χ3n) is 7.95. The van der Waals surface area contributed by atoms with Gasteiger partial charge in [0, 0.05) is 20.2 Å². The number of ether oxygens (including phenoxy) is 1. The first-order chi connectivity index (χ1) is 16.8. The summed E-state index contributed by atoms with van der Waals surface area (Å²) in [5, 5.41) is 0. The Hall–Kier alpha value is -2.45. The SMILES string of the molecule is COCCN(Cc1ccc(OS(=O)(=O)c2ccc(F)cc2)cc1)C(=O)C12CC3CC(CC(C3)C1)C2. The highest BCUT2D eigenvalue weighted by Crippen LogP contribution is 2.60. The predicted molar refractivity (Wildman–Crippen MR) is 129 cm³/mol. The number of nitrogens with zero attached hydrogens (tertiary/aromatic N) is 1. The topological polar surface area (TPSA) is 72.9 Å². The molecule has 188 valence electrons. The van der Waals surface area contributed by atoms with Crippen molar-refractivity contribution < 1.29 is 26.5 Å². The third kappa shape index (κ3) is 5.09. The highest BCUT2D eigenvalue weighted by molar-refractivity contribution is 7.87. The standard InChI is InChI=1S/C27H32FNO5S/c1-33-11-10-29(26(30)27-15-20-12-21(16-27)14-22(13-20)17-27)18-19-2-6-24(7-3-19)34-35(31,32)25-8-4-23(28)5-9-25/h2-9,20-22H,10-18H2,1H3. The van der Waals surface area contributed by atoms with E-state index in [0.717, 1.165) is 37.0 Å². The fraction of sp³-hybridized carbons (Fsp3) is 0.519. The first-order valence-electron chi connectivity index (χ1n) is 12.3. The van der Waals surface area contributed by atoms with Gasteiger partial charge in [-0.3, -0.25) is 4.79 Å².